The van der Waals surface area contributed by atoms with Crippen LogP contribution in [0.1, 0.15) is 35.7 Å². The molecule has 0 saturated heterocycles. The smallest absolute Gasteiger partial charge is 0.235 e. The summed E-state index contributed by atoms with van der Waals surface area (Å²) >= 11 is 0. The van der Waals surface area contributed by atoms with Crippen molar-refractivity contribution in [1.29, 1.82) is 0 Å². The van der Waals surface area contributed by atoms with Gasteiger partial charge in [0.05, 0.1) is 18.1 Å². The van der Waals surface area contributed by atoms with E-state index < -0.39 is 58.3 Å². The second kappa shape index (κ2) is 8.37. The molecule has 0 spiro atoms. The number of aromatic hydroxyl groups is 1. The Labute approximate surface area is 206 Å². The number of fused-ring (bicyclic) bond motifs is 3. The summed E-state index contributed by atoms with van der Waals surface area (Å²) in [5, 5.41) is 21.9. The highest BCUT2D eigenvalue weighted by Gasteiger charge is 2.66. The summed E-state index contributed by atoms with van der Waals surface area (Å²) in [6.07, 6.45) is -0.120. The highest BCUT2D eigenvalue weighted by molar-refractivity contribution is 6.31. The first kappa shape index (κ1) is 23.9. The van der Waals surface area contributed by atoms with Crippen molar-refractivity contribution in [3.63, 3.8) is 0 Å². The van der Waals surface area contributed by atoms with Crippen LogP contribution in [0.3, 0.4) is 0 Å². The third-order valence-corrected chi connectivity index (χ3v) is 7.76. The van der Waals surface area contributed by atoms with E-state index in [1.165, 1.54) is 6.07 Å². The van der Waals surface area contributed by atoms with E-state index in [-0.39, 0.29) is 30.6 Å². The molecule has 0 heterocycles. The topological polar surface area (TPSA) is 161 Å². The number of phenols is 1. The van der Waals surface area contributed by atoms with E-state index in [9.17, 15) is 34.2 Å². The minimum atomic E-state index is -2.66. The van der Waals surface area contributed by atoms with Crippen molar-refractivity contribution in [3.05, 3.63) is 47.5 Å². The molecule has 0 bridgehead atoms. The van der Waals surface area contributed by atoms with Gasteiger partial charge >= 0.3 is 0 Å². The Bertz CT molecular complexity index is 1350. The quantitative estimate of drug-likeness (QED) is 0.541. The molecule has 0 radical (unpaired) electrons. The molecule has 5 atom stereocenters. The molecule has 186 valence electrons. The van der Waals surface area contributed by atoms with Crippen LogP contribution in [-0.2, 0) is 25.6 Å². The lowest BCUT2D eigenvalue weighted by atomic mass is 9.53. The van der Waals surface area contributed by atoms with Gasteiger partial charge < -0.3 is 20.7 Å². The van der Waals surface area contributed by atoms with Crippen LogP contribution in [0.2, 0.25) is 0 Å². The Morgan fingerprint density at radius 3 is 2.47 bits per heavy atom. The lowest BCUT2D eigenvalue weighted by Crippen LogP contribution is -2.68. The van der Waals surface area contributed by atoms with Gasteiger partial charge in [-0.05, 0) is 48.9 Å². The van der Waals surface area contributed by atoms with Gasteiger partial charge in [0.1, 0.15) is 11.5 Å². The number of ether oxygens (including phenoxy) is 1. The van der Waals surface area contributed by atoms with Gasteiger partial charge in [0.2, 0.25) is 5.91 Å². The summed E-state index contributed by atoms with van der Waals surface area (Å²) in [6.45, 7) is 2.27. The van der Waals surface area contributed by atoms with Gasteiger partial charge in [-0.25, -0.2) is 0 Å². The Kier molecular flexibility index (Phi) is 5.55. The maximum Gasteiger partial charge on any atom is 0.235 e. The molecule has 1 amide bonds. The highest BCUT2D eigenvalue weighted by Crippen LogP contribution is 2.51. The van der Waals surface area contributed by atoms with Crippen molar-refractivity contribution in [2.45, 2.75) is 31.8 Å². The number of phenolic OH excluding ortho intramolecular Hbond substituents is 1. The Balaban J connectivity index is 1.62. The number of aliphatic hydroxyl groups is 1. The van der Waals surface area contributed by atoms with Crippen LogP contribution in [-0.4, -0.2) is 51.5 Å². The molecule has 2 unspecified atom stereocenters. The van der Waals surface area contributed by atoms with E-state index in [1.54, 1.807) is 12.1 Å². The molecule has 9 heteroatoms. The van der Waals surface area contributed by atoms with Crippen LogP contribution < -0.4 is 10.5 Å². The Hall–Kier alpha value is -3.85. The third-order valence-electron chi connectivity index (χ3n) is 7.76. The van der Waals surface area contributed by atoms with Crippen LogP contribution >= 0.6 is 0 Å². The van der Waals surface area contributed by atoms with E-state index >= 15 is 0 Å². The van der Waals surface area contributed by atoms with Crippen LogP contribution in [0.5, 0.6) is 11.5 Å². The summed E-state index contributed by atoms with van der Waals surface area (Å²) in [4.78, 5) is 64.5. The fourth-order valence-corrected chi connectivity index (χ4v) is 6.19. The molecule has 36 heavy (non-hydrogen) atoms. The molecule has 5 rings (SSSR count). The molecule has 2 saturated carbocycles. The van der Waals surface area contributed by atoms with Crippen LogP contribution in [0.25, 0.3) is 11.1 Å². The standard InChI is InChI=1S/C27H25NO8/c1-2-36-19-6-4-3-5-15(19)14-7-8-17(29)21-16(14)10-12-9-13-11-18(30)22(26(28)34)25(33)27(13,35)24(32)20(12)23(21)31/h3-8,12-13,20,22,29,35H,2,9-11H2,1H3,(H2,28,34)/t12-,13+,20?,22?,27+/m1/s1. The summed E-state index contributed by atoms with van der Waals surface area (Å²) in [7, 11) is 0. The number of rotatable bonds is 4. The number of ketones is 4. The first-order chi connectivity index (χ1) is 17.1. The number of para-hydroxylation sites is 1. The predicted molar refractivity (Wildman–Crippen MR) is 125 cm³/mol. The number of amides is 1. The van der Waals surface area contributed by atoms with Gasteiger partial charge in [-0.15, -0.1) is 0 Å². The van der Waals surface area contributed by atoms with Gasteiger partial charge in [-0.3, -0.25) is 24.0 Å². The number of carbonyl (C=O) groups is 5. The molecule has 3 aliphatic carbocycles. The Morgan fingerprint density at radius 2 is 1.78 bits per heavy atom. The molecule has 3 aliphatic rings. The van der Waals surface area contributed by atoms with Crippen molar-refractivity contribution in [3.8, 4) is 22.6 Å². The summed E-state index contributed by atoms with van der Waals surface area (Å²) in [5.74, 6) is -9.68. The van der Waals surface area contributed by atoms with E-state index in [2.05, 4.69) is 0 Å². The van der Waals surface area contributed by atoms with Gasteiger partial charge in [-0.1, -0.05) is 24.3 Å². The first-order valence-electron chi connectivity index (χ1n) is 11.8. The number of nitrogens with two attached hydrogens (primary N) is 1. The van der Waals surface area contributed by atoms with Crippen molar-refractivity contribution < 1.29 is 38.9 Å². The summed E-state index contributed by atoms with van der Waals surface area (Å²) < 4.78 is 5.75. The van der Waals surface area contributed by atoms with E-state index in [4.69, 9.17) is 10.5 Å². The normalized spacial score (nSPS) is 29.3. The second-order valence-corrected chi connectivity index (χ2v) is 9.65. The zero-order valence-corrected chi connectivity index (χ0v) is 19.5. The van der Waals surface area contributed by atoms with Crippen molar-refractivity contribution in [2.24, 2.45) is 29.4 Å². The average Bonchev–Trinajstić information content (AvgIpc) is 2.82. The van der Waals surface area contributed by atoms with Crippen molar-refractivity contribution in [1.82, 2.24) is 0 Å². The van der Waals surface area contributed by atoms with Gasteiger partial charge in [-0.2, -0.15) is 0 Å². The van der Waals surface area contributed by atoms with E-state index in [1.807, 2.05) is 25.1 Å². The van der Waals surface area contributed by atoms with Gasteiger partial charge in [0.15, 0.2) is 34.7 Å². The number of benzene rings is 2. The molecule has 0 aromatic heterocycles. The number of carbonyl (C=O) groups excluding carboxylic acids is 5. The van der Waals surface area contributed by atoms with Crippen LogP contribution in [0, 0.1) is 23.7 Å². The zero-order chi connectivity index (χ0) is 25.9. The highest BCUT2D eigenvalue weighted by atomic mass is 16.5. The molecule has 2 aromatic carbocycles. The largest absolute Gasteiger partial charge is 0.507 e. The van der Waals surface area contributed by atoms with E-state index in [0.29, 0.717) is 29.0 Å². The predicted octanol–water partition coefficient (Wildman–Crippen LogP) is 1.39. The summed E-state index contributed by atoms with van der Waals surface area (Å²) in [5.41, 5.74) is 4.43. The molecule has 2 aromatic rings. The molecule has 9 nitrogen and oxygen atoms in total. The molecule has 0 aliphatic heterocycles. The zero-order valence-electron chi connectivity index (χ0n) is 19.5. The van der Waals surface area contributed by atoms with E-state index in [0.717, 1.165) is 0 Å². The molecule has 2 fully saturated rings. The second-order valence-electron chi connectivity index (χ2n) is 9.65. The molecular weight excluding hydrogens is 466 g/mol. The van der Waals surface area contributed by atoms with Crippen molar-refractivity contribution >= 4 is 29.0 Å². The molecule has 4 N–H and O–H groups in total. The number of primary amides is 1. The fourth-order valence-electron chi connectivity index (χ4n) is 6.19. The monoisotopic (exact) mass is 491 g/mol. The SMILES string of the molecule is CCOc1ccccc1-c1ccc(O)c2c1C[C@H]1C[C@H]3CC(=O)C(C(N)=O)C(=O)[C@@]3(O)C(=O)C1C2=O. The minimum absolute atomic E-state index is 0.0405. The lowest BCUT2D eigenvalue weighted by molar-refractivity contribution is -0.175. The Morgan fingerprint density at radius 1 is 1.06 bits per heavy atom. The number of hydrogen-bond acceptors (Lipinski definition) is 8. The minimum Gasteiger partial charge on any atom is -0.507 e. The first-order valence-corrected chi connectivity index (χ1v) is 11.8. The van der Waals surface area contributed by atoms with Gasteiger partial charge in [0, 0.05) is 17.9 Å². The fraction of sp³-hybridized carbons (Fsp3) is 0.370. The summed E-state index contributed by atoms with van der Waals surface area (Å²) in [6, 6.07) is 10.3. The number of hydrogen-bond donors (Lipinski definition) is 3. The van der Waals surface area contributed by atoms with Gasteiger partial charge in [0.25, 0.3) is 0 Å². The lowest BCUT2D eigenvalue weighted by Gasteiger charge is -2.48. The molecular formula is C27H25NO8. The third kappa shape index (κ3) is 3.22. The average molecular weight is 491 g/mol. The maximum atomic E-state index is 13.7. The van der Waals surface area contributed by atoms with Crippen LogP contribution in [0.15, 0.2) is 36.4 Å². The maximum absolute atomic E-state index is 13.7. The number of Topliss-reactive ketones (excluding diaryl/α,β-unsaturated/α-hetero) is 4. The van der Waals surface area contributed by atoms with Crippen LogP contribution in [0.4, 0.5) is 0 Å². The van der Waals surface area contributed by atoms with Crippen molar-refractivity contribution in [2.75, 3.05) is 6.61 Å².